The standard InChI is InChI=1S/C18H26N2O5/c1-18(2,3)19-17(22)11-7-15(21)20(10-11)12-8-13(23-4)16(25-6)14(9-12)24-5/h8-9,11H,7,10H2,1-6H3,(H,19,22). The molecule has 0 saturated carbocycles. The minimum absolute atomic E-state index is 0.108. The summed E-state index contributed by atoms with van der Waals surface area (Å²) in [5, 5.41) is 2.93. The molecule has 25 heavy (non-hydrogen) atoms. The minimum Gasteiger partial charge on any atom is -0.493 e. The number of methoxy groups -OCH3 is 3. The smallest absolute Gasteiger partial charge is 0.227 e. The molecule has 2 amide bonds. The fourth-order valence-corrected chi connectivity index (χ4v) is 2.83. The summed E-state index contributed by atoms with van der Waals surface area (Å²) in [6, 6.07) is 3.42. The van der Waals surface area contributed by atoms with E-state index in [4.69, 9.17) is 14.2 Å². The van der Waals surface area contributed by atoms with Gasteiger partial charge in [-0.15, -0.1) is 0 Å². The molecule has 1 atom stereocenters. The second-order valence-electron chi connectivity index (χ2n) is 7.03. The van der Waals surface area contributed by atoms with E-state index in [1.807, 2.05) is 20.8 Å². The van der Waals surface area contributed by atoms with Crippen molar-refractivity contribution in [2.75, 3.05) is 32.8 Å². The van der Waals surface area contributed by atoms with Crippen molar-refractivity contribution in [3.8, 4) is 17.2 Å². The van der Waals surface area contributed by atoms with Crippen LogP contribution in [0.4, 0.5) is 5.69 Å². The third-order valence-corrected chi connectivity index (χ3v) is 3.96. The first-order valence-corrected chi connectivity index (χ1v) is 8.12. The van der Waals surface area contributed by atoms with Crippen LogP contribution >= 0.6 is 0 Å². The van der Waals surface area contributed by atoms with E-state index < -0.39 is 0 Å². The summed E-state index contributed by atoms with van der Waals surface area (Å²) in [4.78, 5) is 26.4. The van der Waals surface area contributed by atoms with Crippen LogP contribution in [0, 0.1) is 5.92 Å². The summed E-state index contributed by atoms with van der Waals surface area (Å²) in [6.07, 6.45) is 0.179. The largest absolute Gasteiger partial charge is 0.493 e. The highest BCUT2D eigenvalue weighted by Gasteiger charge is 2.36. The molecule has 1 aliphatic heterocycles. The van der Waals surface area contributed by atoms with Gasteiger partial charge in [0.2, 0.25) is 17.6 Å². The zero-order valence-corrected chi connectivity index (χ0v) is 15.6. The molecule has 1 unspecified atom stereocenters. The predicted molar refractivity (Wildman–Crippen MR) is 94.5 cm³/mol. The van der Waals surface area contributed by atoms with E-state index in [1.165, 1.54) is 21.3 Å². The summed E-state index contributed by atoms with van der Waals surface area (Å²) in [6.45, 7) is 6.06. The Morgan fingerprint density at radius 3 is 2.12 bits per heavy atom. The summed E-state index contributed by atoms with van der Waals surface area (Å²) < 4.78 is 16.0. The number of carbonyl (C=O) groups excluding carboxylic acids is 2. The quantitative estimate of drug-likeness (QED) is 0.879. The molecule has 1 saturated heterocycles. The van der Waals surface area contributed by atoms with Crippen molar-refractivity contribution in [2.45, 2.75) is 32.7 Å². The van der Waals surface area contributed by atoms with Gasteiger partial charge in [0, 0.05) is 30.6 Å². The Balaban J connectivity index is 2.27. The van der Waals surface area contributed by atoms with Crippen LogP contribution in [0.3, 0.4) is 0 Å². The van der Waals surface area contributed by atoms with Crippen molar-refractivity contribution in [2.24, 2.45) is 5.92 Å². The number of nitrogens with one attached hydrogen (secondary N) is 1. The highest BCUT2D eigenvalue weighted by molar-refractivity contribution is 6.00. The Morgan fingerprint density at radius 2 is 1.68 bits per heavy atom. The molecule has 7 nitrogen and oxygen atoms in total. The number of hydrogen-bond donors (Lipinski definition) is 1. The average molecular weight is 350 g/mol. The third-order valence-electron chi connectivity index (χ3n) is 3.96. The Bertz CT molecular complexity index is 641. The first kappa shape index (κ1) is 18.9. The van der Waals surface area contributed by atoms with Crippen molar-refractivity contribution in [1.29, 1.82) is 0 Å². The zero-order valence-electron chi connectivity index (χ0n) is 15.6. The Morgan fingerprint density at radius 1 is 1.12 bits per heavy atom. The van der Waals surface area contributed by atoms with E-state index in [2.05, 4.69) is 5.32 Å². The second kappa shape index (κ2) is 7.21. The molecule has 1 aromatic rings. The van der Waals surface area contributed by atoms with Gasteiger partial charge in [0.15, 0.2) is 11.5 Å². The van der Waals surface area contributed by atoms with Gasteiger partial charge in [0.05, 0.1) is 32.9 Å². The van der Waals surface area contributed by atoms with Crippen molar-refractivity contribution in [1.82, 2.24) is 5.32 Å². The molecule has 0 radical (unpaired) electrons. The highest BCUT2D eigenvalue weighted by atomic mass is 16.5. The maximum atomic E-state index is 12.4. The average Bonchev–Trinajstić information content (AvgIpc) is 2.93. The lowest BCUT2D eigenvalue weighted by molar-refractivity contribution is -0.127. The number of benzene rings is 1. The molecule has 138 valence electrons. The number of anilines is 1. The maximum absolute atomic E-state index is 12.4. The molecule has 1 N–H and O–H groups in total. The van der Waals surface area contributed by atoms with Gasteiger partial charge in [-0.2, -0.15) is 0 Å². The monoisotopic (exact) mass is 350 g/mol. The highest BCUT2D eigenvalue weighted by Crippen LogP contribution is 2.42. The Hall–Kier alpha value is -2.44. The number of hydrogen-bond acceptors (Lipinski definition) is 5. The van der Waals surface area contributed by atoms with E-state index in [0.29, 0.717) is 29.5 Å². The normalized spacial score (nSPS) is 17.4. The maximum Gasteiger partial charge on any atom is 0.227 e. The second-order valence-corrected chi connectivity index (χ2v) is 7.03. The van der Waals surface area contributed by atoms with Gasteiger partial charge in [-0.3, -0.25) is 9.59 Å². The summed E-state index contributed by atoms with van der Waals surface area (Å²) in [5.74, 6) is 0.784. The molecule has 1 heterocycles. The topological polar surface area (TPSA) is 77.1 Å². The van der Waals surface area contributed by atoms with Crippen LogP contribution < -0.4 is 24.4 Å². The van der Waals surface area contributed by atoms with Crippen LogP contribution in [0.15, 0.2) is 12.1 Å². The SMILES string of the molecule is COc1cc(N2CC(C(=O)NC(C)(C)C)CC2=O)cc(OC)c1OC. The molecule has 1 fully saturated rings. The molecular formula is C18H26N2O5. The minimum atomic E-state index is -0.384. The first-order chi connectivity index (χ1) is 11.7. The lowest BCUT2D eigenvalue weighted by Crippen LogP contribution is -2.44. The molecule has 7 heteroatoms. The van der Waals surface area contributed by atoms with Gasteiger partial charge in [0.25, 0.3) is 0 Å². The van der Waals surface area contributed by atoms with Crippen molar-refractivity contribution in [3.05, 3.63) is 12.1 Å². The van der Waals surface area contributed by atoms with Crippen LogP contribution in [0.25, 0.3) is 0 Å². The molecule has 2 rings (SSSR count). The van der Waals surface area contributed by atoms with Gasteiger partial charge in [0.1, 0.15) is 0 Å². The predicted octanol–water partition coefficient (Wildman–Crippen LogP) is 1.98. The van der Waals surface area contributed by atoms with Gasteiger partial charge in [-0.05, 0) is 20.8 Å². The number of rotatable bonds is 5. The summed E-state index contributed by atoms with van der Waals surface area (Å²) in [5.41, 5.74) is 0.283. The van der Waals surface area contributed by atoms with Gasteiger partial charge in [-0.1, -0.05) is 0 Å². The number of carbonyl (C=O) groups is 2. The fourth-order valence-electron chi connectivity index (χ4n) is 2.83. The fraction of sp³-hybridized carbons (Fsp3) is 0.556. The lowest BCUT2D eigenvalue weighted by atomic mass is 10.0. The summed E-state index contributed by atoms with van der Waals surface area (Å²) in [7, 11) is 4.56. The van der Waals surface area contributed by atoms with Crippen molar-refractivity contribution in [3.63, 3.8) is 0 Å². The van der Waals surface area contributed by atoms with E-state index in [1.54, 1.807) is 17.0 Å². The van der Waals surface area contributed by atoms with Crippen LogP contribution in [-0.2, 0) is 9.59 Å². The molecule has 0 bridgehead atoms. The van der Waals surface area contributed by atoms with Crippen LogP contribution in [-0.4, -0.2) is 45.2 Å². The number of ether oxygens (including phenoxy) is 3. The van der Waals surface area contributed by atoms with Crippen LogP contribution in [0.2, 0.25) is 0 Å². The Kier molecular flexibility index (Phi) is 5.45. The number of nitrogens with zero attached hydrogens (tertiary/aromatic N) is 1. The third kappa shape index (κ3) is 4.15. The first-order valence-electron chi connectivity index (χ1n) is 8.12. The van der Waals surface area contributed by atoms with E-state index >= 15 is 0 Å². The number of amides is 2. The molecule has 1 aliphatic rings. The molecule has 0 aliphatic carbocycles. The van der Waals surface area contributed by atoms with Crippen molar-refractivity contribution >= 4 is 17.5 Å². The van der Waals surface area contributed by atoms with Gasteiger partial charge in [-0.25, -0.2) is 0 Å². The van der Waals surface area contributed by atoms with Crippen LogP contribution in [0.1, 0.15) is 27.2 Å². The van der Waals surface area contributed by atoms with Crippen LogP contribution in [0.5, 0.6) is 17.2 Å². The molecule has 0 spiro atoms. The lowest BCUT2D eigenvalue weighted by Gasteiger charge is -2.23. The van der Waals surface area contributed by atoms with E-state index in [9.17, 15) is 9.59 Å². The zero-order chi connectivity index (χ0) is 18.8. The van der Waals surface area contributed by atoms with E-state index in [-0.39, 0.29) is 29.7 Å². The molecule has 0 aromatic heterocycles. The van der Waals surface area contributed by atoms with Gasteiger partial charge >= 0.3 is 0 Å². The molecular weight excluding hydrogens is 324 g/mol. The van der Waals surface area contributed by atoms with E-state index in [0.717, 1.165) is 0 Å². The molecule has 1 aromatic carbocycles. The van der Waals surface area contributed by atoms with Gasteiger partial charge < -0.3 is 24.4 Å². The summed E-state index contributed by atoms with van der Waals surface area (Å²) >= 11 is 0. The Labute approximate surface area is 148 Å². The van der Waals surface area contributed by atoms with Crippen molar-refractivity contribution < 1.29 is 23.8 Å².